The summed E-state index contributed by atoms with van der Waals surface area (Å²) in [6, 6.07) is 10.7. The molecule has 0 aliphatic carbocycles. The zero-order chi connectivity index (χ0) is 20.2. The SMILES string of the molecule is CC[C@@H](C(=O)Nc1ccc(Cl)cc1C)N(c1ccc(OC)cc1)S(C)(=O)=O. The number of ether oxygens (including phenoxy) is 1. The van der Waals surface area contributed by atoms with Crippen molar-refractivity contribution >= 4 is 38.9 Å². The highest BCUT2D eigenvalue weighted by Gasteiger charge is 2.31. The van der Waals surface area contributed by atoms with Crippen molar-refractivity contribution in [1.82, 2.24) is 0 Å². The van der Waals surface area contributed by atoms with E-state index in [1.807, 2.05) is 6.92 Å². The third-order valence-electron chi connectivity index (χ3n) is 4.10. The molecule has 0 aromatic heterocycles. The number of amides is 1. The number of benzene rings is 2. The van der Waals surface area contributed by atoms with Crippen LogP contribution >= 0.6 is 11.6 Å². The first-order valence-electron chi connectivity index (χ1n) is 8.37. The average Bonchev–Trinajstić information content (AvgIpc) is 2.61. The molecule has 8 heteroatoms. The molecule has 2 aromatic rings. The fraction of sp³-hybridized carbons (Fsp3) is 0.316. The van der Waals surface area contributed by atoms with Crippen LogP contribution < -0.4 is 14.4 Å². The monoisotopic (exact) mass is 410 g/mol. The van der Waals surface area contributed by atoms with Gasteiger partial charge in [0.05, 0.1) is 19.1 Å². The van der Waals surface area contributed by atoms with E-state index in [1.165, 1.54) is 7.11 Å². The molecule has 2 aromatic carbocycles. The van der Waals surface area contributed by atoms with Crippen molar-refractivity contribution in [2.45, 2.75) is 26.3 Å². The zero-order valence-corrected chi connectivity index (χ0v) is 17.3. The second-order valence-electron chi connectivity index (χ2n) is 6.13. The number of carbonyl (C=O) groups excluding carboxylic acids is 1. The molecule has 6 nitrogen and oxygen atoms in total. The third kappa shape index (κ3) is 5.14. The number of carbonyl (C=O) groups is 1. The lowest BCUT2D eigenvalue weighted by Crippen LogP contribution is -2.47. The molecule has 0 saturated heterocycles. The summed E-state index contributed by atoms with van der Waals surface area (Å²) in [6.07, 6.45) is 1.39. The average molecular weight is 411 g/mol. The van der Waals surface area contributed by atoms with Gasteiger partial charge in [0, 0.05) is 10.7 Å². The van der Waals surface area contributed by atoms with E-state index in [9.17, 15) is 13.2 Å². The van der Waals surface area contributed by atoms with E-state index in [4.69, 9.17) is 16.3 Å². The van der Waals surface area contributed by atoms with Gasteiger partial charge in [-0.25, -0.2) is 8.42 Å². The number of rotatable bonds is 7. The minimum Gasteiger partial charge on any atom is -0.497 e. The summed E-state index contributed by atoms with van der Waals surface area (Å²) < 4.78 is 31.1. The standard InChI is InChI=1S/C19H23ClN2O4S/c1-5-18(19(23)21-17-11-6-14(20)12-13(17)2)22(27(4,24)25)15-7-9-16(26-3)10-8-15/h6-12,18H,5H2,1-4H3,(H,21,23)/t18-/m0/s1. The molecule has 2 rings (SSSR count). The number of hydrogen-bond acceptors (Lipinski definition) is 4. The van der Waals surface area contributed by atoms with E-state index >= 15 is 0 Å². The highest BCUT2D eigenvalue weighted by atomic mass is 35.5. The first-order chi connectivity index (χ1) is 12.7. The van der Waals surface area contributed by atoms with Gasteiger partial charge < -0.3 is 10.1 Å². The maximum absolute atomic E-state index is 12.9. The van der Waals surface area contributed by atoms with Gasteiger partial charge in [0.25, 0.3) is 0 Å². The van der Waals surface area contributed by atoms with E-state index < -0.39 is 22.0 Å². The van der Waals surface area contributed by atoms with Gasteiger partial charge in [0.2, 0.25) is 15.9 Å². The molecule has 0 spiro atoms. The Labute approximate surface area is 165 Å². The van der Waals surface area contributed by atoms with Crippen LogP contribution in [0.3, 0.4) is 0 Å². The van der Waals surface area contributed by atoms with Gasteiger partial charge in [-0.15, -0.1) is 0 Å². The van der Waals surface area contributed by atoms with E-state index in [2.05, 4.69) is 5.32 Å². The molecule has 0 saturated carbocycles. The summed E-state index contributed by atoms with van der Waals surface area (Å²) in [5, 5.41) is 3.37. The van der Waals surface area contributed by atoms with Gasteiger partial charge in [-0.05, 0) is 61.4 Å². The molecule has 0 aliphatic rings. The molecule has 0 unspecified atom stereocenters. The first-order valence-corrected chi connectivity index (χ1v) is 10.6. The van der Waals surface area contributed by atoms with Gasteiger partial charge in [0.15, 0.2) is 0 Å². The molecule has 0 bridgehead atoms. The Morgan fingerprint density at radius 2 is 1.85 bits per heavy atom. The Morgan fingerprint density at radius 3 is 2.33 bits per heavy atom. The van der Waals surface area contributed by atoms with Gasteiger partial charge in [0.1, 0.15) is 11.8 Å². The van der Waals surface area contributed by atoms with Gasteiger partial charge >= 0.3 is 0 Å². The number of nitrogens with one attached hydrogen (secondary N) is 1. The smallest absolute Gasteiger partial charge is 0.248 e. The number of aryl methyl sites for hydroxylation is 1. The molecular weight excluding hydrogens is 388 g/mol. The largest absolute Gasteiger partial charge is 0.497 e. The van der Waals surface area contributed by atoms with E-state index in [-0.39, 0.29) is 0 Å². The normalized spacial score (nSPS) is 12.3. The van der Waals surface area contributed by atoms with Crippen LogP contribution in [0.4, 0.5) is 11.4 Å². The van der Waals surface area contributed by atoms with Crippen molar-refractivity contribution < 1.29 is 17.9 Å². The lowest BCUT2D eigenvalue weighted by molar-refractivity contribution is -0.117. The maximum atomic E-state index is 12.9. The first kappa shape index (κ1) is 21.1. The summed E-state index contributed by atoms with van der Waals surface area (Å²) in [6.45, 7) is 3.58. The maximum Gasteiger partial charge on any atom is 0.248 e. The summed E-state index contributed by atoms with van der Waals surface area (Å²) in [5.74, 6) is 0.186. The second-order valence-corrected chi connectivity index (χ2v) is 8.43. The molecule has 1 atom stereocenters. The molecule has 1 N–H and O–H groups in total. The molecular formula is C19H23ClN2O4S. The summed E-state index contributed by atoms with van der Waals surface area (Å²) in [4.78, 5) is 12.9. The molecule has 1 amide bonds. The van der Waals surface area contributed by atoms with Crippen LogP contribution in [0.25, 0.3) is 0 Å². The molecule has 0 fully saturated rings. The van der Waals surface area contributed by atoms with Crippen molar-refractivity contribution in [1.29, 1.82) is 0 Å². The Morgan fingerprint density at radius 1 is 1.22 bits per heavy atom. The van der Waals surface area contributed by atoms with Gasteiger partial charge in [-0.3, -0.25) is 9.10 Å². The minimum atomic E-state index is -3.69. The predicted octanol–water partition coefficient (Wildman–Crippen LogP) is 3.84. The predicted molar refractivity (Wildman–Crippen MR) is 109 cm³/mol. The fourth-order valence-electron chi connectivity index (χ4n) is 2.77. The number of halogens is 1. The lowest BCUT2D eigenvalue weighted by atomic mass is 10.1. The number of nitrogens with zero attached hydrogens (tertiary/aromatic N) is 1. The molecule has 0 aliphatic heterocycles. The van der Waals surface area contributed by atoms with Crippen LogP contribution in [-0.2, 0) is 14.8 Å². The van der Waals surface area contributed by atoms with Crippen LogP contribution in [0, 0.1) is 6.92 Å². The second kappa shape index (κ2) is 8.63. The highest BCUT2D eigenvalue weighted by molar-refractivity contribution is 7.92. The Hall–Kier alpha value is -2.25. The summed E-state index contributed by atoms with van der Waals surface area (Å²) in [7, 11) is -2.16. The number of sulfonamides is 1. The Balaban J connectivity index is 2.37. The van der Waals surface area contributed by atoms with E-state index in [1.54, 1.807) is 49.4 Å². The van der Waals surface area contributed by atoms with Crippen molar-refractivity contribution in [3.8, 4) is 5.75 Å². The van der Waals surface area contributed by atoms with Crippen LogP contribution in [-0.4, -0.2) is 33.7 Å². The lowest BCUT2D eigenvalue weighted by Gasteiger charge is -2.30. The molecule has 146 valence electrons. The minimum absolute atomic E-state index is 0.303. The zero-order valence-electron chi connectivity index (χ0n) is 15.7. The fourth-order valence-corrected chi connectivity index (χ4v) is 4.21. The van der Waals surface area contributed by atoms with Crippen LogP contribution in [0.15, 0.2) is 42.5 Å². The van der Waals surface area contributed by atoms with Crippen molar-refractivity contribution in [3.63, 3.8) is 0 Å². The Kier molecular flexibility index (Phi) is 6.73. The van der Waals surface area contributed by atoms with Crippen molar-refractivity contribution in [2.24, 2.45) is 0 Å². The third-order valence-corrected chi connectivity index (χ3v) is 5.52. The van der Waals surface area contributed by atoms with Crippen LogP contribution in [0.1, 0.15) is 18.9 Å². The molecule has 0 radical (unpaired) electrons. The topological polar surface area (TPSA) is 75.7 Å². The van der Waals surface area contributed by atoms with E-state index in [0.717, 1.165) is 16.1 Å². The highest BCUT2D eigenvalue weighted by Crippen LogP contribution is 2.26. The molecule has 27 heavy (non-hydrogen) atoms. The number of hydrogen-bond donors (Lipinski definition) is 1. The van der Waals surface area contributed by atoms with Crippen molar-refractivity contribution in [3.05, 3.63) is 53.1 Å². The summed E-state index contributed by atoms with van der Waals surface area (Å²) >= 11 is 5.95. The van der Waals surface area contributed by atoms with Crippen molar-refractivity contribution in [2.75, 3.05) is 23.0 Å². The van der Waals surface area contributed by atoms with Crippen LogP contribution in [0.2, 0.25) is 5.02 Å². The van der Waals surface area contributed by atoms with Crippen LogP contribution in [0.5, 0.6) is 5.75 Å². The number of anilines is 2. The van der Waals surface area contributed by atoms with E-state index in [0.29, 0.717) is 28.6 Å². The summed E-state index contributed by atoms with van der Waals surface area (Å²) in [5.41, 5.74) is 1.78. The Bertz CT molecular complexity index is 914. The molecule has 0 heterocycles. The quantitative estimate of drug-likeness (QED) is 0.752. The number of methoxy groups -OCH3 is 1. The van der Waals surface area contributed by atoms with Gasteiger partial charge in [-0.2, -0.15) is 0 Å². The van der Waals surface area contributed by atoms with Gasteiger partial charge in [-0.1, -0.05) is 18.5 Å².